The smallest absolute Gasteiger partial charge is 0.246 e. The van der Waals surface area contributed by atoms with Crippen molar-refractivity contribution in [1.82, 2.24) is 10.2 Å². The van der Waals surface area contributed by atoms with E-state index in [1.165, 1.54) is 4.90 Å². The maximum absolute atomic E-state index is 13.5. The largest absolute Gasteiger partial charge is 0.508 e. The third kappa shape index (κ3) is 4.77. The zero-order valence-corrected chi connectivity index (χ0v) is 17.0. The van der Waals surface area contributed by atoms with Gasteiger partial charge in [-0.05, 0) is 35.8 Å². The Kier molecular flexibility index (Phi) is 6.02. The lowest BCUT2D eigenvalue weighted by Crippen LogP contribution is -2.55. The first kappa shape index (κ1) is 20.7. The minimum absolute atomic E-state index is 0.0384. The second-order valence-electron chi connectivity index (χ2n) is 7.74. The van der Waals surface area contributed by atoms with E-state index in [-0.39, 0.29) is 42.8 Å². The minimum atomic E-state index is -0.839. The SMILES string of the molecule is O=C(Cc1ccccc1)NC(Cc1ccc(O)cc1)C(=O)N1CCC=C2OCC(=O)C21. The van der Waals surface area contributed by atoms with Gasteiger partial charge in [-0.2, -0.15) is 0 Å². The molecule has 2 aliphatic heterocycles. The monoisotopic (exact) mass is 420 g/mol. The molecular formula is C24H24N2O5. The van der Waals surface area contributed by atoms with Gasteiger partial charge in [0, 0.05) is 13.0 Å². The molecule has 2 aromatic rings. The molecule has 2 N–H and O–H groups in total. The molecule has 0 radical (unpaired) electrons. The fourth-order valence-corrected chi connectivity index (χ4v) is 3.98. The van der Waals surface area contributed by atoms with Gasteiger partial charge in [-0.25, -0.2) is 0 Å². The molecule has 0 bridgehead atoms. The second kappa shape index (κ2) is 9.04. The molecule has 0 saturated carbocycles. The summed E-state index contributed by atoms with van der Waals surface area (Å²) in [6, 6.07) is 14.2. The van der Waals surface area contributed by atoms with Crippen molar-refractivity contribution in [3.63, 3.8) is 0 Å². The Morgan fingerprint density at radius 3 is 2.58 bits per heavy atom. The molecule has 0 spiro atoms. The number of fused-ring (bicyclic) bond motifs is 1. The molecule has 2 heterocycles. The highest BCUT2D eigenvalue weighted by molar-refractivity contribution is 5.96. The number of hydrogen-bond acceptors (Lipinski definition) is 5. The molecule has 2 atom stereocenters. The Hall–Kier alpha value is -3.61. The maximum atomic E-state index is 13.5. The average molecular weight is 420 g/mol. The molecule has 4 rings (SSSR count). The van der Waals surface area contributed by atoms with E-state index < -0.39 is 12.1 Å². The van der Waals surface area contributed by atoms with E-state index in [0.29, 0.717) is 18.7 Å². The highest BCUT2D eigenvalue weighted by atomic mass is 16.5. The van der Waals surface area contributed by atoms with Crippen molar-refractivity contribution in [1.29, 1.82) is 0 Å². The van der Waals surface area contributed by atoms with Crippen molar-refractivity contribution in [2.45, 2.75) is 31.3 Å². The number of carbonyl (C=O) groups excluding carboxylic acids is 3. The second-order valence-corrected chi connectivity index (χ2v) is 7.74. The highest BCUT2D eigenvalue weighted by Gasteiger charge is 2.42. The number of nitrogens with zero attached hydrogens (tertiary/aromatic N) is 1. The van der Waals surface area contributed by atoms with Crippen LogP contribution in [0.1, 0.15) is 17.5 Å². The molecule has 2 amide bonds. The molecule has 7 heteroatoms. The van der Waals surface area contributed by atoms with Gasteiger partial charge in [-0.1, -0.05) is 42.5 Å². The Bertz CT molecular complexity index is 1000. The zero-order valence-electron chi connectivity index (χ0n) is 17.0. The van der Waals surface area contributed by atoms with Gasteiger partial charge in [-0.3, -0.25) is 14.4 Å². The number of ether oxygens (including phenoxy) is 1. The van der Waals surface area contributed by atoms with Gasteiger partial charge in [0.15, 0.2) is 11.8 Å². The van der Waals surface area contributed by atoms with Crippen LogP contribution in [0.3, 0.4) is 0 Å². The van der Waals surface area contributed by atoms with Gasteiger partial charge >= 0.3 is 0 Å². The van der Waals surface area contributed by atoms with Crippen LogP contribution in [-0.4, -0.2) is 52.8 Å². The molecule has 2 aliphatic rings. The number of hydrogen-bond donors (Lipinski definition) is 2. The van der Waals surface area contributed by atoms with Gasteiger partial charge in [0.1, 0.15) is 24.2 Å². The average Bonchev–Trinajstić information content (AvgIpc) is 3.16. The van der Waals surface area contributed by atoms with E-state index >= 15 is 0 Å². The molecule has 1 fully saturated rings. The lowest BCUT2D eigenvalue weighted by atomic mass is 10.00. The number of nitrogens with one attached hydrogen (secondary N) is 1. The van der Waals surface area contributed by atoms with Crippen molar-refractivity contribution < 1.29 is 24.2 Å². The predicted octanol–water partition coefficient (Wildman–Crippen LogP) is 1.75. The number of Topliss-reactive ketones (excluding diaryl/α,β-unsaturated/α-hetero) is 1. The molecule has 0 aromatic heterocycles. The lowest BCUT2D eigenvalue weighted by molar-refractivity contribution is -0.140. The van der Waals surface area contributed by atoms with Crippen molar-refractivity contribution in [2.75, 3.05) is 13.2 Å². The number of ketones is 1. The third-order valence-corrected chi connectivity index (χ3v) is 5.48. The van der Waals surface area contributed by atoms with Gasteiger partial charge < -0.3 is 20.1 Å². The number of carbonyl (C=O) groups is 3. The fraction of sp³-hybridized carbons (Fsp3) is 0.292. The number of aromatic hydroxyl groups is 1. The topological polar surface area (TPSA) is 95.9 Å². The van der Waals surface area contributed by atoms with Crippen LogP contribution in [0, 0.1) is 0 Å². The summed E-state index contributed by atoms with van der Waals surface area (Å²) >= 11 is 0. The molecular weight excluding hydrogens is 396 g/mol. The summed E-state index contributed by atoms with van der Waals surface area (Å²) in [6.07, 6.45) is 2.84. The van der Waals surface area contributed by atoms with Crippen LogP contribution in [0.4, 0.5) is 0 Å². The first-order valence-corrected chi connectivity index (χ1v) is 10.3. The molecule has 160 valence electrons. The quantitative estimate of drug-likeness (QED) is 0.742. The van der Waals surface area contributed by atoms with Crippen molar-refractivity contribution in [2.24, 2.45) is 0 Å². The van der Waals surface area contributed by atoms with E-state index in [4.69, 9.17) is 4.74 Å². The maximum Gasteiger partial charge on any atom is 0.246 e. The van der Waals surface area contributed by atoms with Gasteiger partial charge in [0.2, 0.25) is 11.8 Å². The fourth-order valence-electron chi connectivity index (χ4n) is 3.98. The Morgan fingerprint density at radius 1 is 1.10 bits per heavy atom. The molecule has 1 saturated heterocycles. The number of benzene rings is 2. The normalized spacial score (nSPS) is 18.6. The molecule has 31 heavy (non-hydrogen) atoms. The summed E-state index contributed by atoms with van der Waals surface area (Å²) in [5.74, 6) is -0.102. The Labute approximate surface area is 180 Å². The molecule has 2 aromatic carbocycles. The summed E-state index contributed by atoms with van der Waals surface area (Å²) in [6.45, 7) is 0.353. The standard InChI is InChI=1S/C24H24N2O5/c27-18-10-8-17(9-11-18)13-19(25-22(29)14-16-5-2-1-3-6-16)24(30)26-12-4-7-21-23(26)20(28)15-31-21/h1-3,5-11,19,23,27H,4,12-15H2,(H,25,29). The van der Waals surface area contributed by atoms with Gasteiger partial charge in [-0.15, -0.1) is 0 Å². The van der Waals surface area contributed by atoms with Crippen LogP contribution >= 0.6 is 0 Å². The van der Waals surface area contributed by atoms with E-state index in [1.54, 1.807) is 24.3 Å². The summed E-state index contributed by atoms with van der Waals surface area (Å²) in [4.78, 5) is 40.0. The number of rotatable bonds is 6. The van der Waals surface area contributed by atoms with Gasteiger partial charge in [0.05, 0.1) is 6.42 Å². The van der Waals surface area contributed by atoms with Crippen molar-refractivity contribution in [3.8, 4) is 5.75 Å². The Morgan fingerprint density at radius 2 is 1.84 bits per heavy atom. The number of phenolic OH excluding ortho intramolecular Hbond substituents is 1. The lowest BCUT2D eigenvalue weighted by Gasteiger charge is -2.33. The number of phenols is 1. The summed E-state index contributed by atoms with van der Waals surface area (Å²) in [5, 5.41) is 12.4. The van der Waals surface area contributed by atoms with Crippen LogP contribution in [0.25, 0.3) is 0 Å². The van der Waals surface area contributed by atoms with Crippen molar-refractivity contribution >= 4 is 17.6 Å². The summed E-state index contributed by atoms with van der Waals surface area (Å²) < 4.78 is 5.42. The predicted molar refractivity (Wildman–Crippen MR) is 113 cm³/mol. The summed E-state index contributed by atoms with van der Waals surface area (Å²) in [7, 11) is 0. The highest BCUT2D eigenvalue weighted by Crippen LogP contribution is 2.26. The number of amides is 2. The Balaban J connectivity index is 1.54. The first-order valence-electron chi connectivity index (χ1n) is 10.3. The van der Waals surface area contributed by atoms with E-state index in [9.17, 15) is 19.5 Å². The van der Waals surface area contributed by atoms with E-state index in [0.717, 1.165) is 11.1 Å². The minimum Gasteiger partial charge on any atom is -0.508 e. The zero-order chi connectivity index (χ0) is 21.8. The van der Waals surface area contributed by atoms with Crippen LogP contribution in [0.15, 0.2) is 66.4 Å². The van der Waals surface area contributed by atoms with E-state index in [2.05, 4.69) is 5.32 Å². The first-order chi connectivity index (χ1) is 15.0. The van der Waals surface area contributed by atoms with Crippen LogP contribution in [0.5, 0.6) is 5.75 Å². The third-order valence-electron chi connectivity index (χ3n) is 5.48. The molecule has 2 unspecified atom stereocenters. The summed E-state index contributed by atoms with van der Waals surface area (Å²) in [5.41, 5.74) is 1.64. The van der Waals surface area contributed by atoms with E-state index in [1.807, 2.05) is 36.4 Å². The van der Waals surface area contributed by atoms with Crippen LogP contribution in [0.2, 0.25) is 0 Å². The van der Waals surface area contributed by atoms with Gasteiger partial charge in [0.25, 0.3) is 0 Å². The van der Waals surface area contributed by atoms with Crippen LogP contribution < -0.4 is 5.32 Å². The van der Waals surface area contributed by atoms with Crippen LogP contribution in [-0.2, 0) is 32.0 Å². The van der Waals surface area contributed by atoms with Crippen molar-refractivity contribution in [3.05, 3.63) is 77.6 Å². The molecule has 0 aliphatic carbocycles. The molecule has 7 nitrogen and oxygen atoms in total.